The van der Waals surface area contributed by atoms with E-state index in [0.29, 0.717) is 13.0 Å². The molecular weight excluding hydrogens is 302 g/mol. The third-order valence-corrected chi connectivity index (χ3v) is 4.55. The van der Waals surface area contributed by atoms with E-state index in [0.717, 1.165) is 24.7 Å². The Bertz CT molecular complexity index is 695. The van der Waals surface area contributed by atoms with Crippen molar-refractivity contribution in [2.24, 2.45) is 7.05 Å². The molecule has 0 radical (unpaired) electrons. The molecule has 0 spiro atoms. The lowest BCUT2D eigenvalue weighted by atomic mass is 10.0. The average Bonchev–Trinajstić information content (AvgIpc) is 2.82. The van der Waals surface area contributed by atoms with Crippen molar-refractivity contribution in [1.29, 1.82) is 0 Å². The Morgan fingerprint density at radius 1 is 1.29 bits per heavy atom. The summed E-state index contributed by atoms with van der Waals surface area (Å²) in [6, 6.07) is 10.4. The highest BCUT2D eigenvalue weighted by molar-refractivity contribution is 5.77. The number of imidazole rings is 1. The highest BCUT2D eigenvalue weighted by Crippen LogP contribution is 2.27. The summed E-state index contributed by atoms with van der Waals surface area (Å²) in [5, 5.41) is 2.99. The highest BCUT2D eigenvalue weighted by atomic mass is 16.1. The van der Waals surface area contributed by atoms with Crippen LogP contribution >= 0.6 is 0 Å². The lowest BCUT2D eigenvalue weighted by Crippen LogP contribution is -2.31. The second-order valence-corrected chi connectivity index (χ2v) is 6.45. The maximum absolute atomic E-state index is 12.1. The van der Waals surface area contributed by atoms with Crippen LogP contribution in [0.25, 0.3) is 0 Å². The summed E-state index contributed by atoms with van der Waals surface area (Å²) < 4.78 is 2.11. The van der Waals surface area contributed by atoms with Crippen molar-refractivity contribution < 1.29 is 4.79 Å². The highest BCUT2D eigenvalue weighted by Gasteiger charge is 2.27. The van der Waals surface area contributed by atoms with E-state index in [9.17, 15) is 4.79 Å². The van der Waals surface area contributed by atoms with Gasteiger partial charge in [0, 0.05) is 53.2 Å². The quantitative estimate of drug-likeness (QED) is 0.926. The summed E-state index contributed by atoms with van der Waals surface area (Å²) in [4.78, 5) is 20.9. The van der Waals surface area contributed by atoms with Crippen molar-refractivity contribution in [3.8, 4) is 0 Å². The van der Waals surface area contributed by atoms with Crippen LogP contribution in [0, 0.1) is 0 Å². The molecule has 1 saturated heterocycles. The van der Waals surface area contributed by atoms with E-state index >= 15 is 0 Å². The number of rotatable bonds is 4. The van der Waals surface area contributed by atoms with Gasteiger partial charge < -0.3 is 14.8 Å². The zero-order valence-corrected chi connectivity index (χ0v) is 14.6. The number of aromatic nitrogens is 2. The van der Waals surface area contributed by atoms with E-state index < -0.39 is 0 Å². The number of amides is 1. The van der Waals surface area contributed by atoms with Gasteiger partial charge in [0.05, 0.1) is 11.9 Å². The Morgan fingerprint density at radius 3 is 2.71 bits per heavy atom. The minimum absolute atomic E-state index is 0.0893. The maximum atomic E-state index is 12.1. The van der Waals surface area contributed by atoms with Gasteiger partial charge in [-0.25, -0.2) is 4.98 Å². The SMILES string of the molecule is CN(C)c1ncc(CN2CCNC(=O)CC2c2ccccc2)n1C. The molecule has 128 valence electrons. The summed E-state index contributed by atoms with van der Waals surface area (Å²) in [6.07, 6.45) is 2.42. The number of carbonyl (C=O) groups excluding carboxylic acids is 1. The molecule has 1 N–H and O–H groups in total. The average molecular weight is 327 g/mol. The molecule has 1 unspecified atom stereocenters. The second-order valence-electron chi connectivity index (χ2n) is 6.45. The molecule has 0 aliphatic carbocycles. The third-order valence-electron chi connectivity index (χ3n) is 4.55. The van der Waals surface area contributed by atoms with Crippen molar-refractivity contribution in [2.75, 3.05) is 32.1 Å². The predicted octanol–water partition coefficient (Wildman–Crippen LogP) is 1.55. The first-order valence-electron chi connectivity index (χ1n) is 8.30. The van der Waals surface area contributed by atoms with Gasteiger partial charge in [-0.05, 0) is 5.56 Å². The molecule has 2 aromatic rings. The molecule has 24 heavy (non-hydrogen) atoms. The number of hydrogen-bond donors (Lipinski definition) is 1. The van der Waals surface area contributed by atoms with Crippen LogP contribution in [0.5, 0.6) is 0 Å². The van der Waals surface area contributed by atoms with Gasteiger partial charge in [-0.15, -0.1) is 0 Å². The lowest BCUT2D eigenvalue weighted by molar-refractivity contribution is -0.121. The molecule has 0 saturated carbocycles. The monoisotopic (exact) mass is 327 g/mol. The van der Waals surface area contributed by atoms with Crippen LogP contribution in [0.3, 0.4) is 0 Å². The molecule has 1 fully saturated rings. The first kappa shape index (κ1) is 16.5. The number of carbonyl (C=O) groups is 1. The summed E-state index contributed by atoms with van der Waals surface area (Å²) in [7, 11) is 6.03. The van der Waals surface area contributed by atoms with E-state index in [-0.39, 0.29) is 11.9 Å². The molecule has 6 nitrogen and oxygen atoms in total. The van der Waals surface area contributed by atoms with Crippen LogP contribution in [-0.2, 0) is 18.4 Å². The van der Waals surface area contributed by atoms with Crippen molar-refractivity contribution in [2.45, 2.75) is 19.0 Å². The van der Waals surface area contributed by atoms with Gasteiger partial charge in [-0.1, -0.05) is 30.3 Å². The largest absolute Gasteiger partial charge is 0.355 e. The fourth-order valence-corrected chi connectivity index (χ4v) is 3.27. The van der Waals surface area contributed by atoms with Crippen molar-refractivity contribution in [3.63, 3.8) is 0 Å². The smallest absolute Gasteiger partial charge is 0.221 e. The van der Waals surface area contributed by atoms with Gasteiger partial charge in [0.15, 0.2) is 0 Å². The summed E-state index contributed by atoms with van der Waals surface area (Å²) in [5.41, 5.74) is 2.33. The van der Waals surface area contributed by atoms with Crippen LogP contribution < -0.4 is 10.2 Å². The first-order valence-corrected chi connectivity index (χ1v) is 8.30. The van der Waals surface area contributed by atoms with Gasteiger partial charge in [0.2, 0.25) is 11.9 Å². The van der Waals surface area contributed by atoms with Gasteiger partial charge in [0.25, 0.3) is 0 Å². The predicted molar refractivity (Wildman–Crippen MR) is 94.8 cm³/mol. The zero-order valence-electron chi connectivity index (χ0n) is 14.6. The summed E-state index contributed by atoms with van der Waals surface area (Å²) in [5.74, 6) is 1.05. The minimum atomic E-state index is 0.0893. The lowest BCUT2D eigenvalue weighted by Gasteiger charge is -2.29. The third kappa shape index (κ3) is 3.43. The zero-order chi connectivity index (χ0) is 17.1. The number of hydrogen-bond acceptors (Lipinski definition) is 4. The fourth-order valence-electron chi connectivity index (χ4n) is 3.27. The number of anilines is 1. The van der Waals surface area contributed by atoms with E-state index in [2.05, 4.69) is 31.9 Å². The Morgan fingerprint density at radius 2 is 2.04 bits per heavy atom. The van der Waals surface area contributed by atoms with Crippen LogP contribution in [-0.4, -0.2) is 47.5 Å². The Balaban J connectivity index is 1.87. The second kappa shape index (κ2) is 7.05. The Kier molecular flexibility index (Phi) is 4.85. The van der Waals surface area contributed by atoms with E-state index in [1.807, 2.05) is 50.4 Å². The number of nitrogens with one attached hydrogen (secondary N) is 1. The van der Waals surface area contributed by atoms with Crippen LogP contribution in [0.1, 0.15) is 23.7 Å². The first-order chi connectivity index (χ1) is 11.6. The molecule has 1 amide bonds. The van der Waals surface area contributed by atoms with Crippen LogP contribution in [0.4, 0.5) is 5.95 Å². The van der Waals surface area contributed by atoms with Crippen molar-refractivity contribution in [3.05, 3.63) is 47.8 Å². The normalized spacial score (nSPS) is 19.0. The van der Waals surface area contributed by atoms with Gasteiger partial charge >= 0.3 is 0 Å². The molecule has 2 heterocycles. The molecule has 1 atom stereocenters. The molecular formula is C18H25N5O. The van der Waals surface area contributed by atoms with Crippen LogP contribution in [0.15, 0.2) is 36.5 Å². The van der Waals surface area contributed by atoms with Gasteiger partial charge in [0.1, 0.15) is 0 Å². The van der Waals surface area contributed by atoms with Crippen molar-refractivity contribution >= 4 is 11.9 Å². The molecule has 6 heteroatoms. The summed E-state index contributed by atoms with van der Waals surface area (Å²) in [6.45, 7) is 2.28. The number of benzene rings is 1. The summed E-state index contributed by atoms with van der Waals surface area (Å²) >= 11 is 0. The van der Waals surface area contributed by atoms with E-state index in [1.54, 1.807) is 0 Å². The minimum Gasteiger partial charge on any atom is -0.355 e. The van der Waals surface area contributed by atoms with E-state index in [1.165, 1.54) is 5.56 Å². The van der Waals surface area contributed by atoms with Crippen LogP contribution in [0.2, 0.25) is 0 Å². The topological polar surface area (TPSA) is 53.4 Å². The van der Waals surface area contributed by atoms with Crippen molar-refractivity contribution in [1.82, 2.24) is 19.8 Å². The Hall–Kier alpha value is -2.34. The van der Waals surface area contributed by atoms with Gasteiger partial charge in [-0.2, -0.15) is 0 Å². The molecule has 1 aromatic carbocycles. The fraction of sp³-hybridized carbons (Fsp3) is 0.444. The molecule has 3 rings (SSSR count). The Labute approximate surface area is 143 Å². The van der Waals surface area contributed by atoms with Gasteiger partial charge in [-0.3, -0.25) is 9.69 Å². The molecule has 1 aliphatic heterocycles. The number of nitrogens with zero attached hydrogens (tertiary/aromatic N) is 4. The molecule has 1 aliphatic rings. The maximum Gasteiger partial charge on any atom is 0.221 e. The molecule has 1 aromatic heterocycles. The standard InChI is InChI=1S/C18H25N5O/c1-21(2)18-20-12-15(22(18)3)13-23-10-9-19-17(24)11-16(23)14-7-5-4-6-8-14/h4-8,12,16H,9-11,13H2,1-3H3,(H,19,24). The van der Waals surface area contributed by atoms with E-state index in [4.69, 9.17) is 0 Å². The molecule has 0 bridgehead atoms.